The van der Waals surface area contributed by atoms with Crippen LogP contribution in [0.1, 0.15) is 24.6 Å². The van der Waals surface area contributed by atoms with Gasteiger partial charge in [-0.1, -0.05) is 13.0 Å². The maximum absolute atomic E-state index is 13.7. The summed E-state index contributed by atoms with van der Waals surface area (Å²) in [6.07, 6.45) is 5.63. The number of aryl methyl sites for hydroxylation is 1. The fourth-order valence-corrected chi connectivity index (χ4v) is 5.81. The number of halogens is 2. The van der Waals surface area contributed by atoms with Crippen molar-refractivity contribution >= 4 is 44.2 Å². The standard InChI is InChI=1S/C25H25F2N5O2S2/c1-3-21-24(30(2)25-29-22(14-35-25)17-4-6-19(26)20(27)12-17)32-13-18(5-7-23(32)28-21)16-8-10-31(11-9-16)15-36(33)34/h4-8,12-14,36H,3,9-11,15H2,1-2H3. The Balaban J connectivity index is 1.48. The van der Waals surface area contributed by atoms with Gasteiger partial charge in [0.25, 0.3) is 0 Å². The van der Waals surface area contributed by atoms with Gasteiger partial charge >= 0.3 is 0 Å². The molecule has 5 rings (SSSR count). The molecule has 0 saturated carbocycles. The summed E-state index contributed by atoms with van der Waals surface area (Å²) in [6, 6.07) is 7.81. The Morgan fingerprint density at radius 1 is 1.11 bits per heavy atom. The van der Waals surface area contributed by atoms with E-state index >= 15 is 0 Å². The number of benzene rings is 1. The van der Waals surface area contributed by atoms with Crippen LogP contribution in [0.25, 0.3) is 22.5 Å². The highest BCUT2D eigenvalue weighted by Crippen LogP contribution is 2.34. The zero-order valence-corrected chi connectivity index (χ0v) is 21.5. The summed E-state index contributed by atoms with van der Waals surface area (Å²) < 4.78 is 51.2. The van der Waals surface area contributed by atoms with Gasteiger partial charge in [-0.2, -0.15) is 0 Å². The summed E-state index contributed by atoms with van der Waals surface area (Å²) in [5.41, 5.74) is 5.05. The van der Waals surface area contributed by atoms with Gasteiger partial charge in [0.05, 0.1) is 17.3 Å². The number of fused-ring (bicyclic) bond motifs is 1. The number of hydrogen-bond donors (Lipinski definition) is 1. The number of aromatic nitrogens is 3. The lowest BCUT2D eigenvalue weighted by Gasteiger charge is -2.24. The number of rotatable bonds is 7. The highest BCUT2D eigenvalue weighted by atomic mass is 32.2. The third-order valence-corrected chi connectivity index (χ3v) is 7.84. The van der Waals surface area contributed by atoms with Crippen LogP contribution in [0, 0.1) is 11.6 Å². The second kappa shape index (κ2) is 10.1. The molecule has 36 heavy (non-hydrogen) atoms. The van der Waals surface area contributed by atoms with E-state index < -0.39 is 22.3 Å². The van der Waals surface area contributed by atoms with Crippen molar-refractivity contribution in [1.82, 2.24) is 19.3 Å². The smallest absolute Gasteiger partial charge is 0.191 e. The summed E-state index contributed by atoms with van der Waals surface area (Å²) in [7, 11) is -0.505. The average molecular weight is 530 g/mol. The summed E-state index contributed by atoms with van der Waals surface area (Å²) >= 11 is 1.42. The largest absolute Gasteiger partial charge is 0.305 e. The van der Waals surface area contributed by atoms with Crippen LogP contribution in [0.3, 0.4) is 0 Å². The fourth-order valence-electron chi connectivity index (χ4n) is 4.43. The maximum Gasteiger partial charge on any atom is 0.191 e. The molecule has 0 saturated heterocycles. The highest BCUT2D eigenvalue weighted by molar-refractivity contribution is 7.72. The molecule has 4 heterocycles. The Kier molecular flexibility index (Phi) is 6.87. The van der Waals surface area contributed by atoms with Crippen LogP contribution in [0.4, 0.5) is 19.7 Å². The number of anilines is 2. The van der Waals surface area contributed by atoms with Gasteiger partial charge in [0, 0.05) is 37.3 Å². The zero-order valence-electron chi connectivity index (χ0n) is 19.8. The predicted molar refractivity (Wildman–Crippen MR) is 139 cm³/mol. The van der Waals surface area contributed by atoms with E-state index in [0.717, 1.165) is 47.7 Å². The van der Waals surface area contributed by atoms with Crippen LogP contribution in [-0.2, 0) is 17.1 Å². The second-order valence-corrected chi connectivity index (χ2v) is 10.4. The Bertz CT molecular complexity index is 1530. The number of imidazole rings is 1. The van der Waals surface area contributed by atoms with Gasteiger partial charge in [0.15, 0.2) is 27.5 Å². The average Bonchev–Trinajstić information content (AvgIpc) is 3.50. The molecule has 0 unspecified atom stereocenters. The quantitative estimate of drug-likeness (QED) is 0.349. The molecule has 188 valence electrons. The molecule has 3 aromatic heterocycles. The molecule has 0 atom stereocenters. The molecular weight excluding hydrogens is 504 g/mol. The van der Waals surface area contributed by atoms with Crippen LogP contribution < -0.4 is 4.90 Å². The van der Waals surface area contributed by atoms with E-state index in [1.54, 1.807) is 0 Å². The zero-order chi connectivity index (χ0) is 25.4. The minimum absolute atomic E-state index is 0.0782. The van der Waals surface area contributed by atoms with Crippen LogP contribution in [-0.4, -0.2) is 53.7 Å². The van der Waals surface area contributed by atoms with Gasteiger partial charge in [-0.25, -0.2) is 27.2 Å². The molecule has 1 aliphatic heterocycles. The molecule has 11 heteroatoms. The fraction of sp³-hybridized carbons (Fsp3) is 0.280. The number of nitrogens with zero attached hydrogens (tertiary/aromatic N) is 5. The Labute approximate surface area is 213 Å². The lowest BCUT2D eigenvalue weighted by molar-refractivity contribution is 0.348. The molecule has 0 amide bonds. The van der Waals surface area contributed by atoms with Gasteiger partial charge in [-0.3, -0.25) is 9.30 Å². The molecule has 0 bridgehead atoms. The first-order valence-electron chi connectivity index (χ1n) is 11.5. The van der Waals surface area contributed by atoms with Gasteiger partial charge in [-0.15, -0.1) is 11.3 Å². The second-order valence-electron chi connectivity index (χ2n) is 8.62. The van der Waals surface area contributed by atoms with Crippen molar-refractivity contribution in [3.63, 3.8) is 0 Å². The minimum atomic E-state index is -2.43. The first-order chi connectivity index (χ1) is 17.3. The van der Waals surface area contributed by atoms with E-state index in [1.807, 2.05) is 41.3 Å². The third kappa shape index (κ3) is 4.78. The topological polar surface area (TPSA) is 70.8 Å². The van der Waals surface area contributed by atoms with E-state index in [0.29, 0.717) is 29.5 Å². The Morgan fingerprint density at radius 3 is 2.61 bits per heavy atom. The first-order valence-corrected chi connectivity index (χ1v) is 13.8. The summed E-state index contributed by atoms with van der Waals surface area (Å²) in [4.78, 5) is 13.4. The summed E-state index contributed by atoms with van der Waals surface area (Å²) in [5, 5.41) is 2.53. The Morgan fingerprint density at radius 2 is 1.92 bits per heavy atom. The summed E-state index contributed by atoms with van der Waals surface area (Å²) in [5.74, 6) is -0.821. The van der Waals surface area contributed by atoms with Gasteiger partial charge < -0.3 is 4.90 Å². The normalized spacial score (nSPS) is 14.5. The third-order valence-electron chi connectivity index (χ3n) is 6.29. The molecule has 0 N–H and O–H groups in total. The van der Waals surface area contributed by atoms with Gasteiger partial charge in [-0.05, 0) is 54.3 Å². The lowest BCUT2D eigenvalue weighted by Crippen LogP contribution is -2.30. The minimum Gasteiger partial charge on any atom is -0.305 e. The maximum atomic E-state index is 13.7. The molecular formula is C25H25F2N5O2S2. The van der Waals surface area contributed by atoms with Crippen LogP contribution in [0.2, 0.25) is 0 Å². The van der Waals surface area contributed by atoms with Crippen LogP contribution in [0.5, 0.6) is 0 Å². The van der Waals surface area contributed by atoms with E-state index in [2.05, 4.69) is 21.7 Å². The first kappa shape index (κ1) is 24.5. The lowest BCUT2D eigenvalue weighted by atomic mass is 10.0. The van der Waals surface area contributed by atoms with E-state index in [1.165, 1.54) is 23.0 Å². The van der Waals surface area contributed by atoms with Crippen molar-refractivity contribution in [3.8, 4) is 11.3 Å². The molecule has 0 fully saturated rings. The van der Waals surface area contributed by atoms with Crippen molar-refractivity contribution in [2.24, 2.45) is 0 Å². The van der Waals surface area contributed by atoms with Crippen molar-refractivity contribution in [1.29, 1.82) is 0 Å². The molecule has 0 aliphatic carbocycles. The van der Waals surface area contributed by atoms with Crippen molar-refractivity contribution in [3.05, 3.63) is 70.9 Å². The number of thiol groups is 1. The van der Waals surface area contributed by atoms with Crippen molar-refractivity contribution < 1.29 is 17.2 Å². The van der Waals surface area contributed by atoms with Gasteiger partial charge in [0.1, 0.15) is 11.5 Å². The number of hydrogen-bond acceptors (Lipinski definition) is 7. The van der Waals surface area contributed by atoms with Crippen molar-refractivity contribution in [2.45, 2.75) is 19.8 Å². The number of thiazole rings is 1. The van der Waals surface area contributed by atoms with E-state index in [4.69, 9.17) is 4.98 Å². The van der Waals surface area contributed by atoms with Crippen LogP contribution in [0.15, 0.2) is 48.0 Å². The Hall–Kier alpha value is -3.15. The molecule has 1 aromatic carbocycles. The monoisotopic (exact) mass is 529 g/mol. The SMILES string of the molecule is CCc1nc2ccc(C3=CCN(C[SH](=O)=O)CC3)cn2c1N(C)c1nc(-c2ccc(F)c(F)c2)cs1. The predicted octanol–water partition coefficient (Wildman–Crippen LogP) is 4.72. The van der Waals surface area contributed by atoms with Crippen LogP contribution >= 0.6 is 11.3 Å². The molecule has 0 radical (unpaired) electrons. The molecule has 4 aromatic rings. The van der Waals surface area contributed by atoms with Gasteiger partial charge in [0.2, 0.25) is 0 Å². The molecule has 7 nitrogen and oxygen atoms in total. The van der Waals surface area contributed by atoms with E-state index in [-0.39, 0.29) is 5.88 Å². The van der Waals surface area contributed by atoms with E-state index in [9.17, 15) is 17.2 Å². The van der Waals surface area contributed by atoms with Crippen molar-refractivity contribution in [2.75, 3.05) is 30.9 Å². The molecule has 1 aliphatic rings. The molecule has 0 spiro atoms. The summed E-state index contributed by atoms with van der Waals surface area (Å²) in [6.45, 7) is 3.34. The highest BCUT2D eigenvalue weighted by Gasteiger charge is 2.21. The number of pyridine rings is 1.